The van der Waals surface area contributed by atoms with Gasteiger partial charge in [0.2, 0.25) is 0 Å². The first-order valence-electron chi connectivity index (χ1n) is 11.3. The standard InChI is InChI=1S/C26H31BrN2O4/c1-5-28(6-2)14-15-29-23(18-8-10-19(27)11-9-18)22(25(31)26(29)32)24(30)21-13-12-20(33-7-3)16-17(21)4/h8-13,16,23,30H,5-7,14-15H2,1-4H3/t23-/m0/s1. The zero-order valence-electron chi connectivity index (χ0n) is 19.6. The maximum absolute atomic E-state index is 13.2. The fourth-order valence-electron chi connectivity index (χ4n) is 4.19. The second-order valence-electron chi connectivity index (χ2n) is 7.98. The molecular weight excluding hydrogens is 484 g/mol. The summed E-state index contributed by atoms with van der Waals surface area (Å²) in [6, 6.07) is 12.2. The van der Waals surface area contributed by atoms with Crippen LogP contribution in [0.2, 0.25) is 0 Å². The lowest BCUT2D eigenvalue weighted by atomic mass is 9.94. The lowest BCUT2D eigenvalue weighted by Gasteiger charge is -2.28. The van der Waals surface area contributed by atoms with Crippen molar-refractivity contribution in [2.24, 2.45) is 0 Å². The smallest absolute Gasteiger partial charge is 0.295 e. The van der Waals surface area contributed by atoms with Gasteiger partial charge in [0.1, 0.15) is 11.5 Å². The summed E-state index contributed by atoms with van der Waals surface area (Å²) in [4.78, 5) is 30.1. The minimum atomic E-state index is -0.659. The number of Topliss-reactive ketones (excluding diaryl/α,β-unsaturated/α-hetero) is 1. The maximum atomic E-state index is 13.2. The molecule has 0 saturated carbocycles. The van der Waals surface area contributed by atoms with Crippen molar-refractivity contribution in [1.82, 2.24) is 9.80 Å². The number of likely N-dealkylation sites (tertiary alicyclic amines) is 1. The topological polar surface area (TPSA) is 70.1 Å². The molecule has 176 valence electrons. The van der Waals surface area contributed by atoms with E-state index in [1.54, 1.807) is 17.0 Å². The van der Waals surface area contributed by atoms with Crippen LogP contribution in [0.1, 0.15) is 43.5 Å². The zero-order chi connectivity index (χ0) is 24.1. The van der Waals surface area contributed by atoms with Gasteiger partial charge < -0.3 is 19.6 Å². The highest BCUT2D eigenvalue weighted by Crippen LogP contribution is 2.40. The molecule has 0 radical (unpaired) electrons. The van der Waals surface area contributed by atoms with E-state index >= 15 is 0 Å². The van der Waals surface area contributed by atoms with Crippen molar-refractivity contribution in [1.29, 1.82) is 0 Å². The first-order valence-corrected chi connectivity index (χ1v) is 12.1. The number of benzene rings is 2. The minimum Gasteiger partial charge on any atom is -0.507 e. The van der Waals surface area contributed by atoms with Gasteiger partial charge in [-0.25, -0.2) is 0 Å². The van der Waals surface area contributed by atoms with E-state index in [9.17, 15) is 14.7 Å². The average molecular weight is 515 g/mol. The molecule has 0 spiro atoms. The van der Waals surface area contributed by atoms with Crippen LogP contribution in [-0.4, -0.2) is 59.4 Å². The second kappa shape index (κ2) is 11.0. The van der Waals surface area contributed by atoms with Gasteiger partial charge in [0.05, 0.1) is 18.2 Å². The first-order chi connectivity index (χ1) is 15.8. The van der Waals surface area contributed by atoms with Crippen molar-refractivity contribution in [3.05, 3.63) is 69.2 Å². The van der Waals surface area contributed by atoms with Gasteiger partial charge in [-0.1, -0.05) is 41.9 Å². The number of likely N-dealkylation sites (N-methyl/N-ethyl adjacent to an activating group) is 1. The number of ketones is 1. The normalized spacial score (nSPS) is 17.8. The van der Waals surface area contributed by atoms with E-state index in [0.29, 0.717) is 31.0 Å². The van der Waals surface area contributed by atoms with Crippen molar-refractivity contribution < 1.29 is 19.4 Å². The van der Waals surface area contributed by atoms with Crippen LogP contribution in [0.4, 0.5) is 0 Å². The Hall–Kier alpha value is -2.64. The number of hydrogen-bond donors (Lipinski definition) is 1. The summed E-state index contributed by atoms with van der Waals surface area (Å²) < 4.78 is 6.44. The molecular formula is C26H31BrN2O4. The van der Waals surface area contributed by atoms with E-state index in [0.717, 1.165) is 28.7 Å². The molecule has 1 N–H and O–H groups in total. The summed E-state index contributed by atoms with van der Waals surface area (Å²) in [7, 11) is 0. The summed E-state index contributed by atoms with van der Waals surface area (Å²) in [6.07, 6.45) is 0. The number of carbonyl (C=O) groups is 2. The predicted molar refractivity (Wildman–Crippen MR) is 133 cm³/mol. The summed E-state index contributed by atoms with van der Waals surface area (Å²) in [5, 5.41) is 11.3. The van der Waals surface area contributed by atoms with Crippen LogP contribution in [-0.2, 0) is 9.59 Å². The Morgan fingerprint density at radius 3 is 2.33 bits per heavy atom. The molecule has 1 aliphatic rings. The molecule has 0 aliphatic carbocycles. The number of carbonyl (C=O) groups excluding carboxylic acids is 2. The number of amides is 1. The van der Waals surface area contributed by atoms with Gasteiger partial charge >= 0.3 is 0 Å². The lowest BCUT2D eigenvalue weighted by molar-refractivity contribution is -0.140. The van der Waals surface area contributed by atoms with E-state index in [1.165, 1.54) is 0 Å². The van der Waals surface area contributed by atoms with E-state index in [-0.39, 0.29) is 11.3 Å². The van der Waals surface area contributed by atoms with Gasteiger partial charge in [0.25, 0.3) is 11.7 Å². The molecule has 0 bridgehead atoms. The van der Waals surface area contributed by atoms with Crippen LogP contribution in [0.15, 0.2) is 52.5 Å². The van der Waals surface area contributed by atoms with Crippen molar-refractivity contribution in [2.45, 2.75) is 33.7 Å². The quantitative estimate of drug-likeness (QED) is 0.292. The molecule has 1 heterocycles. The van der Waals surface area contributed by atoms with E-state index < -0.39 is 17.7 Å². The third-order valence-electron chi connectivity index (χ3n) is 6.04. The van der Waals surface area contributed by atoms with Gasteiger partial charge in [0, 0.05) is 23.1 Å². The van der Waals surface area contributed by atoms with Crippen LogP contribution < -0.4 is 4.74 Å². The van der Waals surface area contributed by atoms with E-state index in [2.05, 4.69) is 34.7 Å². The molecule has 1 saturated heterocycles. The van der Waals surface area contributed by atoms with Gasteiger partial charge in [-0.2, -0.15) is 0 Å². The molecule has 2 aromatic rings. The predicted octanol–water partition coefficient (Wildman–Crippen LogP) is 4.92. The molecule has 2 aromatic carbocycles. The summed E-state index contributed by atoms with van der Waals surface area (Å²) >= 11 is 3.44. The maximum Gasteiger partial charge on any atom is 0.295 e. The molecule has 1 aliphatic heterocycles. The SMILES string of the molecule is CCOc1ccc(C(O)=C2C(=O)C(=O)N(CCN(CC)CC)[C@H]2c2ccc(Br)cc2)c(C)c1. The second-order valence-corrected chi connectivity index (χ2v) is 8.90. The number of aryl methyl sites for hydroxylation is 1. The van der Waals surface area contributed by atoms with Crippen molar-refractivity contribution in [3.8, 4) is 5.75 Å². The molecule has 1 atom stereocenters. The summed E-state index contributed by atoms with van der Waals surface area (Å²) in [6.45, 7) is 11.2. The molecule has 3 rings (SSSR count). The van der Waals surface area contributed by atoms with Crippen LogP contribution in [0, 0.1) is 6.92 Å². The average Bonchev–Trinajstić information content (AvgIpc) is 3.05. The highest BCUT2D eigenvalue weighted by atomic mass is 79.9. The molecule has 33 heavy (non-hydrogen) atoms. The highest BCUT2D eigenvalue weighted by molar-refractivity contribution is 9.10. The Balaban J connectivity index is 2.10. The van der Waals surface area contributed by atoms with Crippen LogP contribution in [0.5, 0.6) is 5.75 Å². The Morgan fingerprint density at radius 2 is 1.76 bits per heavy atom. The number of hydrogen-bond acceptors (Lipinski definition) is 5. The van der Waals surface area contributed by atoms with Crippen molar-refractivity contribution in [2.75, 3.05) is 32.8 Å². The summed E-state index contributed by atoms with van der Waals surface area (Å²) in [5.74, 6) is -0.712. The number of ether oxygens (including phenoxy) is 1. The Bertz CT molecular complexity index is 1040. The molecule has 0 aromatic heterocycles. The highest BCUT2D eigenvalue weighted by Gasteiger charge is 2.46. The van der Waals surface area contributed by atoms with Gasteiger partial charge in [-0.05, 0) is 68.4 Å². The summed E-state index contributed by atoms with van der Waals surface area (Å²) in [5.41, 5.74) is 2.18. The fourth-order valence-corrected chi connectivity index (χ4v) is 4.46. The number of aliphatic hydroxyl groups is 1. The Labute approximate surface area is 204 Å². The van der Waals surface area contributed by atoms with E-state index in [4.69, 9.17) is 4.74 Å². The third kappa shape index (κ3) is 5.31. The molecule has 1 fully saturated rings. The van der Waals surface area contributed by atoms with E-state index in [1.807, 2.05) is 44.2 Å². The lowest BCUT2D eigenvalue weighted by Crippen LogP contribution is -2.38. The number of halogens is 1. The monoisotopic (exact) mass is 514 g/mol. The third-order valence-corrected chi connectivity index (χ3v) is 6.57. The van der Waals surface area contributed by atoms with Crippen LogP contribution in [0.3, 0.4) is 0 Å². The minimum absolute atomic E-state index is 0.120. The fraction of sp³-hybridized carbons (Fsp3) is 0.385. The number of nitrogens with zero attached hydrogens (tertiary/aromatic N) is 2. The molecule has 6 nitrogen and oxygen atoms in total. The number of rotatable bonds is 9. The zero-order valence-corrected chi connectivity index (χ0v) is 21.2. The van der Waals surface area contributed by atoms with Crippen molar-refractivity contribution >= 4 is 33.4 Å². The molecule has 0 unspecified atom stereocenters. The molecule has 7 heteroatoms. The van der Waals surface area contributed by atoms with Gasteiger partial charge in [-0.3, -0.25) is 9.59 Å². The van der Waals surface area contributed by atoms with Crippen molar-refractivity contribution in [3.63, 3.8) is 0 Å². The first kappa shape index (κ1) is 25.0. The van der Waals surface area contributed by atoms with Crippen LogP contribution >= 0.6 is 15.9 Å². The van der Waals surface area contributed by atoms with Gasteiger partial charge in [-0.15, -0.1) is 0 Å². The van der Waals surface area contributed by atoms with Gasteiger partial charge in [0.15, 0.2) is 0 Å². The molecule has 1 amide bonds. The van der Waals surface area contributed by atoms with Crippen LogP contribution in [0.25, 0.3) is 5.76 Å². The largest absolute Gasteiger partial charge is 0.507 e. The number of aliphatic hydroxyl groups excluding tert-OH is 1. The Morgan fingerprint density at radius 1 is 1.09 bits per heavy atom. The Kier molecular flexibility index (Phi) is 8.32.